The van der Waals surface area contributed by atoms with Crippen molar-refractivity contribution in [2.75, 3.05) is 0 Å². The third-order valence-corrected chi connectivity index (χ3v) is 4.91. The first-order chi connectivity index (χ1) is 13.2. The Kier molecular flexibility index (Phi) is 4.71. The average Bonchev–Trinajstić information content (AvgIpc) is 3.54. The van der Waals surface area contributed by atoms with Crippen LogP contribution in [0.25, 0.3) is 11.1 Å². The molecule has 2 atom stereocenters. The summed E-state index contributed by atoms with van der Waals surface area (Å²) >= 11 is 0. The molecule has 0 aromatic heterocycles. The third kappa shape index (κ3) is 3.90. The van der Waals surface area contributed by atoms with Crippen LogP contribution in [0.3, 0.4) is 0 Å². The predicted molar refractivity (Wildman–Crippen MR) is 105 cm³/mol. The lowest BCUT2D eigenvalue weighted by molar-refractivity contribution is -0.123. The first-order valence-corrected chi connectivity index (χ1v) is 9.03. The fraction of sp³-hybridized carbons (Fsp3) is 0.130. The van der Waals surface area contributed by atoms with Crippen LogP contribution in [0.2, 0.25) is 0 Å². The van der Waals surface area contributed by atoms with Gasteiger partial charge in [-0.25, -0.2) is 0 Å². The zero-order valence-corrected chi connectivity index (χ0v) is 14.8. The van der Waals surface area contributed by atoms with E-state index in [0.29, 0.717) is 5.56 Å². The zero-order chi connectivity index (χ0) is 18.6. The van der Waals surface area contributed by atoms with Crippen LogP contribution in [0.4, 0.5) is 0 Å². The molecule has 2 amide bonds. The molecule has 0 bridgehead atoms. The molecule has 1 aliphatic rings. The van der Waals surface area contributed by atoms with Crippen LogP contribution in [-0.4, -0.2) is 11.8 Å². The highest BCUT2D eigenvalue weighted by atomic mass is 16.2. The molecule has 0 spiro atoms. The number of carbonyl (C=O) groups excluding carboxylic acids is 2. The fourth-order valence-corrected chi connectivity index (χ4v) is 3.28. The summed E-state index contributed by atoms with van der Waals surface area (Å²) in [7, 11) is 0. The number of benzene rings is 3. The molecule has 0 radical (unpaired) electrons. The molecule has 0 heterocycles. The van der Waals surface area contributed by atoms with Crippen molar-refractivity contribution < 1.29 is 9.59 Å². The Morgan fingerprint density at radius 3 is 1.96 bits per heavy atom. The van der Waals surface area contributed by atoms with Gasteiger partial charge in [0.2, 0.25) is 5.91 Å². The van der Waals surface area contributed by atoms with E-state index in [9.17, 15) is 9.59 Å². The number of hydrazine groups is 1. The van der Waals surface area contributed by atoms with Crippen LogP contribution < -0.4 is 10.9 Å². The van der Waals surface area contributed by atoms with E-state index in [-0.39, 0.29) is 23.7 Å². The van der Waals surface area contributed by atoms with Gasteiger partial charge in [-0.15, -0.1) is 0 Å². The van der Waals surface area contributed by atoms with Gasteiger partial charge in [-0.3, -0.25) is 20.4 Å². The topological polar surface area (TPSA) is 58.2 Å². The molecule has 4 nitrogen and oxygen atoms in total. The monoisotopic (exact) mass is 356 g/mol. The molecule has 4 rings (SSSR count). The number of hydrogen-bond acceptors (Lipinski definition) is 2. The van der Waals surface area contributed by atoms with Gasteiger partial charge in [0, 0.05) is 11.5 Å². The second-order valence-electron chi connectivity index (χ2n) is 6.75. The summed E-state index contributed by atoms with van der Waals surface area (Å²) in [5, 5.41) is 0. The molecule has 134 valence electrons. The third-order valence-electron chi connectivity index (χ3n) is 4.91. The van der Waals surface area contributed by atoms with Gasteiger partial charge in [0.25, 0.3) is 5.91 Å². The van der Waals surface area contributed by atoms with Crippen LogP contribution in [0, 0.1) is 5.92 Å². The lowest BCUT2D eigenvalue weighted by Gasteiger charge is -2.08. The van der Waals surface area contributed by atoms with Gasteiger partial charge < -0.3 is 0 Å². The van der Waals surface area contributed by atoms with Gasteiger partial charge >= 0.3 is 0 Å². The van der Waals surface area contributed by atoms with Gasteiger partial charge in [-0.05, 0) is 41.2 Å². The van der Waals surface area contributed by atoms with E-state index in [2.05, 4.69) is 10.9 Å². The van der Waals surface area contributed by atoms with Crippen molar-refractivity contribution in [3.8, 4) is 11.1 Å². The molecule has 3 aromatic carbocycles. The molecule has 2 N–H and O–H groups in total. The van der Waals surface area contributed by atoms with Gasteiger partial charge in [-0.1, -0.05) is 72.8 Å². The number of carbonyl (C=O) groups is 2. The largest absolute Gasteiger partial charge is 0.273 e. The van der Waals surface area contributed by atoms with Crippen molar-refractivity contribution in [3.63, 3.8) is 0 Å². The summed E-state index contributed by atoms with van der Waals surface area (Å²) in [6, 6.07) is 27.3. The minimum atomic E-state index is -0.320. The summed E-state index contributed by atoms with van der Waals surface area (Å²) in [5.74, 6) is -0.292. The molecule has 0 unspecified atom stereocenters. The molecule has 3 aromatic rings. The Hall–Kier alpha value is -3.40. The Labute approximate surface area is 158 Å². The van der Waals surface area contributed by atoms with E-state index in [1.54, 1.807) is 12.1 Å². The Bertz CT molecular complexity index is 937. The summed E-state index contributed by atoms with van der Waals surface area (Å²) in [6.45, 7) is 0. The quantitative estimate of drug-likeness (QED) is 0.696. The van der Waals surface area contributed by atoms with E-state index < -0.39 is 0 Å². The Morgan fingerprint density at radius 1 is 0.704 bits per heavy atom. The van der Waals surface area contributed by atoms with Crippen molar-refractivity contribution in [2.45, 2.75) is 12.3 Å². The summed E-state index contributed by atoms with van der Waals surface area (Å²) in [4.78, 5) is 24.5. The minimum Gasteiger partial charge on any atom is -0.273 e. The van der Waals surface area contributed by atoms with E-state index in [4.69, 9.17) is 0 Å². The first kappa shape index (κ1) is 17.0. The molecule has 1 aliphatic carbocycles. The molecule has 27 heavy (non-hydrogen) atoms. The van der Waals surface area contributed by atoms with E-state index in [1.807, 2.05) is 72.8 Å². The zero-order valence-electron chi connectivity index (χ0n) is 14.8. The predicted octanol–water partition coefficient (Wildman–Crippen LogP) is 3.92. The second kappa shape index (κ2) is 7.46. The molecule has 0 saturated heterocycles. The van der Waals surface area contributed by atoms with Crippen molar-refractivity contribution in [3.05, 3.63) is 96.1 Å². The lowest BCUT2D eigenvalue weighted by Crippen LogP contribution is -2.42. The average molecular weight is 356 g/mol. The molecular formula is C23H20N2O2. The van der Waals surface area contributed by atoms with Crippen molar-refractivity contribution in [1.82, 2.24) is 10.9 Å². The van der Waals surface area contributed by atoms with Gasteiger partial charge in [0.1, 0.15) is 0 Å². The number of hydrogen-bond donors (Lipinski definition) is 2. The lowest BCUT2D eigenvalue weighted by atomic mass is 10.0. The molecule has 1 saturated carbocycles. The number of nitrogens with one attached hydrogen (secondary N) is 2. The van der Waals surface area contributed by atoms with Crippen LogP contribution in [0.15, 0.2) is 84.9 Å². The van der Waals surface area contributed by atoms with Gasteiger partial charge in [0.05, 0.1) is 0 Å². The summed E-state index contributed by atoms with van der Waals surface area (Å²) < 4.78 is 0. The fourth-order valence-electron chi connectivity index (χ4n) is 3.28. The van der Waals surface area contributed by atoms with Crippen molar-refractivity contribution >= 4 is 11.8 Å². The first-order valence-electron chi connectivity index (χ1n) is 9.03. The smallest absolute Gasteiger partial charge is 0.269 e. The molecule has 1 fully saturated rings. The highest BCUT2D eigenvalue weighted by Gasteiger charge is 2.43. The van der Waals surface area contributed by atoms with Crippen LogP contribution in [0.1, 0.15) is 28.3 Å². The van der Waals surface area contributed by atoms with Gasteiger partial charge in [-0.2, -0.15) is 0 Å². The normalized spacial score (nSPS) is 17.8. The highest BCUT2D eigenvalue weighted by molar-refractivity contribution is 5.96. The molecule has 4 heteroatoms. The summed E-state index contributed by atoms with van der Waals surface area (Å²) in [6.07, 6.45) is 0.817. The second-order valence-corrected chi connectivity index (χ2v) is 6.75. The van der Waals surface area contributed by atoms with Crippen molar-refractivity contribution in [1.29, 1.82) is 0 Å². The standard InChI is InChI=1S/C23H20N2O2/c26-22(19-13-11-17(12-14-19)16-7-3-1-4-8-16)24-25-23(27)21-15-20(21)18-9-5-2-6-10-18/h1-14,20-21H,15H2,(H,24,26)(H,25,27)/t20-,21-/m1/s1. The minimum absolute atomic E-state index is 0.0758. The Morgan fingerprint density at radius 2 is 1.30 bits per heavy atom. The van der Waals surface area contributed by atoms with E-state index >= 15 is 0 Å². The highest BCUT2D eigenvalue weighted by Crippen LogP contribution is 2.47. The SMILES string of the molecule is O=C(NNC(=O)[C@@H]1C[C@@H]1c1ccccc1)c1ccc(-c2ccccc2)cc1. The van der Waals surface area contributed by atoms with Crippen LogP contribution in [-0.2, 0) is 4.79 Å². The van der Waals surface area contributed by atoms with Gasteiger partial charge in [0.15, 0.2) is 0 Å². The van der Waals surface area contributed by atoms with E-state index in [0.717, 1.165) is 17.5 Å². The maximum atomic E-state index is 12.3. The van der Waals surface area contributed by atoms with Crippen LogP contribution >= 0.6 is 0 Å². The molecular weight excluding hydrogens is 336 g/mol. The number of rotatable bonds is 4. The maximum Gasteiger partial charge on any atom is 0.269 e. The maximum absolute atomic E-state index is 12.3. The molecule has 0 aliphatic heterocycles. The van der Waals surface area contributed by atoms with Crippen molar-refractivity contribution in [2.24, 2.45) is 5.92 Å². The number of amides is 2. The van der Waals surface area contributed by atoms with Crippen LogP contribution in [0.5, 0.6) is 0 Å². The Balaban J connectivity index is 1.31. The van der Waals surface area contributed by atoms with E-state index in [1.165, 1.54) is 5.56 Å². The summed E-state index contributed by atoms with van der Waals surface area (Å²) in [5.41, 5.74) is 8.87.